The number of nitriles is 1. The molecular weight excluding hydrogens is 310 g/mol. The highest BCUT2D eigenvalue weighted by Crippen LogP contribution is 2.25. The van der Waals surface area contributed by atoms with Gasteiger partial charge >= 0.3 is 0 Å². The summed E-state index contributed by atoms with van der Waals surface area (Å²) in [5, 5.41) is 11.9. The van der Waals surface area contributed by atoms with E-state index < -0.39 is 0 Å². The van der Waals surface area contributed by atoms with Crippen molar-refractivity contribution in [3.05, 3.63) is 16.9 Å². The highest BCUT2D eigenvalue weighted by Gasteiger charge is 2.34. The number of anilines is 1. The van der Waals surface area contributed by atoms with E-state index in [0.29, 0.717) is 31.0 Å². The molecule has 1 N–H and O–H groups in total. The van der Waals surface area contributed by atoms with Gasteiger partial charge in [-0.2, -0.15) is 5.26 Å². The van der Waals surface area contributed by atoms with Gasteiger partial charge in [-0.05, 0) is 27.7 Å². The summed E-state index contributed by atoms with van der Waals surface area (Å²) in [7, 11) is 1.63. The lowest BCUT2D eigenvalue weighted by Gasteiger charge is -2.42. The van der Waals surface area contributed by atoms with Crippen LogP contribution in [-0.2, 0) is 14.3 Å². The average molecular weight is 335 g/mol. The van der Waals surface area contributed by atoms with Gasteiger partial charge < -0.3 is 13.9 Å². The molecule has 1 saturated heterocycles. The number of carbonyl (C=O) groups is 1. The minimum atomic E-state index is -0.350. The van der Waals surface area contributed by atoms with E-state index in [9.17, 15) is 10.1 Å². The van der Waals surface area contributed by atoms with E-state index in [1.807, 2.05) is 18.7 Å². The summed E-state index contributed by atoms with van der Waals surface area (Å²) in [6.45, 7) is 9.50. The van der Waals surface area contributed by atoms with Crippen LogP contribution in [0, 0.1) is 25.2 Å². The molecule has 2 rings (SSSR count). The normalized spacial score (nSPS) is 20.6. The second kappa shape index (κ2) is 7.34. The number of nitrogens with zero attached hydrogens (tertiary/aromatic N) is 2. The van der Waals surface area contributed by atoms with Crippen molar-refractivity contribution in [2.45, 2.75) is 39.4 Å². The number of ether oxygens (including phenoxy) is 2. The van der Waals surface area contributed by atoms with Gasteiger partial charge in [-0.25, -0.2) is 0 Å². The Balaban J connectivity index is 2.01. The quantitative estimate of drug-likeness (QED) is 0.883. The van der Waals surface area contributed by atoms with Gasteiger partial charge in [-0.3, -0.25) is 15.0 Å². The molecule has 0 aliphatic carbocycles. The summed E-state index contributed by atoms with van der Waals surface area (Å²) in [6, 6.07) is 2.07. The topological polar surface area (TPSA) is 87.7 Å². The molecule has 1 aromatic heterocycles. The summed E-state index contributed by atoms with van der Waals surface area (Å²) >= 11 is 0. The summed E-state index contributed by atoms with van der Waals surface area (Å²) in [5.41, 5.74) is 0.776. The Kier molecular flexibility index (Phi) is 5.65. The molecule has 132 valence electrons. The second-order valence-electron chi connectivity index (χ2n) is 6.77. The molecular formula is C17H25N3O4. The van der Waals surface area contributed by atoms with Crippen LogP contribution in [0.15, 0.2) is 4.42 Å². The van der Waals surface area contributed by atoms with Gasteiger partial charge in [0.1, 0.15) is 17.4 Å². The Morgan fingerprint density at radius 1 is 1.50 bits per heavy atom. The lowest BCUT2D eigenvalue weighted by atomic mass is 10.1. The van der Waals surface area contributed by atoms with Gasteiger partial charge in [0.05, 0.1) is 24.9 Å². The number of morpholine rings is 1. The predicted octanol–water partition coefficient (Wildman–Crippen LogP) is 1.83. The molecule has 1 aliphatic rings. The zero-order valence-corrected chi connectivity index (χ0v) is 14.9. The third kappa shape index (κ3) is 4.35. The number of nitrogens with one attached hydrogen (secondary N) is 1. The highest BCUT2D eigenvalue weighted by atomic mass is 16.5. The van der Waals surface area contributed by atoms with Gasteiger partial charge in [0.2, 0.25) is 11.8 Å². The standard InChI is InChI=1S/C17H25N3O4/c1-11-12(2)23-16(14(11)6-18)19-15(21)8-20-7-13(9-22-5)24-17(3,4)10-20/h13H,7-10H2,1-5H3,(H,19,21)/t13-/m0/s1. The SMILES string of the molecule is COC[C@@H]1CN(CC(=O)Nc2oc(C)c(C)c2C#N)CC(C)(C)O1. The fraction of sp³-hybridized carbons (Fsp3) is 0.647. The van der Waals surface area contributed by atoms with Crippen molar-refractivity contribution in [3.8, 4) is 6.07 Å². The first-order chi connectivity index (χ1) is 11.3. The van der Waals surface area contributed by atoms with Crippen LogP contribution in [0.5, 0.6) is 0 Å². The second-order valence-corrected chi connectivity index (χ2v) is 6.77. The molecule has 0 unspecified atom stereocenters. The molecule has 1 aromatic rings. The van der Waals surface area contributed by atoms with Crippen LogP contribution in [0.4, 0.5) is 5.88 Å². The molecule has 7 heteroatoms. The molecule has 24 heavy (non-hydrogen) atoms. The molecule has 1 atom stereocenters. The number of furan rings is 1. The van der Waals surface area contributed by atoms with E-state index in [1.54, 1.807) is 21.0 Å². The van der Waals surface area contributed by atoms with E-state index in [0.717, 1.165) is 5.56 Å². The van der Waals surface area contributed by atoms with E-state index in [1.165, 1.54) is 0 Å². The van der Waals surface area contributed by atoms with Crippen LogP contribution in [0.25, 0.3) is 0 Å². The van der Waals surface area contributed by atoms with Crippen LogP contribution in [0.1, 0.15) is 30.7 Å². The Hall–Kier alpha value is -1.88. The van der Waals surface area contributed by atoms with E-state index >= 15 is 0 Å². The Morgan fingerprint density at radius 2 is 2.21 bits per heavy atom. The third-order valence-corrected chi connectivity index (χ3v) is 4.02. The van der Waals surface area contributed by atoms with Crippen molar-refractivity contribution < 1.29 is 18.7 Å². The maximum atomic E-state index is 12.4. The van der Waals surface area contributed by atoms with Gasteiger partial charge in [-0.15, -0.1) is 0 Å². The first-order valence-electron chi connectivity index (χ1n) is 7.95. The molecule has 1 amide bonds. The van der Waals surface area contributed by atoms with Crippen molar-refractivity contribution in [1.29, 1.82) is 5.26 Å². The maximum absolute atomic E-state index is 12.4. The molecule has 1 aliphatic heterocycles. The molecule has 0 spiro atoms. The maximum Gasteiger partial charge on any atom is 0.240 e. The van der Waals surface area contributed by atoms with Gasteiger partial charge in [-0.1, -0.05) is 0 Å². The van der Waals surface area contributed by atoms with Gasteiger partial charge in [0.15, 0.2) is 0 Å². The summed E-state index contributed by atoms with van der Waals surface area (Å²) in [5.74, 6) is 0.641. The van der Waals surface area contributed by atoms with Crippen molar-refractivity contribution in [3.63, 3.8) is 0 Å². The number of hydrogen-bond acceptors (Lipinski definition) is 6. The summed E-state index contributed by atoms with van der Waals surface area (Å²) in [6.07, 6.45) is -0.0747. The Bertz CT molecular complexity index is 645. The summed E-state index contributed by atoms with van der Waals surface area (Å²) in [4.78, 5) is 14.4. The van der Waals surface area contributed by atoms with Crippen molar-refractivity contribution in [1.82, 2.24) is 4.90 Å². The largest absolute Gasteiger partial charge is 0.444 e. The van der Waals surface area contributed by atoms with Crippen molar-refractivity contribution >= 4 is 11.8 Å². The zero-order chi connectivity index (χ0) is 17.9. The van der Waals surface area contributed by atoms with E-state index in [2.05, 4.69) is 11.4 Å². The number of rotatable bonds is 5. The number of amides is 1. The molecule has 0 aromatic carbocycles. The molecule has 0 saturated carbocycles. The number of aryl methyl sites for hydroxylation is 1. The minimum Gasteiger partial charge on any atom is -0.444 e. The lowest BCUT2D eigenvalue weighted by molar-refractivity contribution is -0.154. The van der Waals surface area contributed by atoms with E-state index in [4.69, 9.17) is 13.9 Å². The van der Waals surface area contributed by atoms with Gasteiger partial charge in [0, 0.05) is 25.8 Å². The lowest BCUT2D eigenvalue weighted by Crippen LogP contribution is -2.55. The monoisotopic (exact) mass is 335 g/mol. The van der Waals surface area contributed by atoms with E-state index in [-0.39, 0.29) is 30.0 Å². The van der Waals surface area contributed by atoms with Gasteiger partial charge in [0.25, 0.3) is 0 Å². The molecule has 0 bridgehead atoms. The average Bonchev–Trinajstić information content (AvgIpc) is 2.71. The molecule has 7 nitrogen and oxygen atoms in total. The van der Waals surface area contributed by atoms with Crippen LogP contribution in [0.2, 0.25) is 0 Å². The Morgan fingerprint density at radius 3 is 2.83 bits per heavy atom. The Labute approximate surface area is 142 Å². The molecule has 1 fully saturated rings. The fourth-order valence-electron chi connectivity index (χ4n) is 3.03. The minimum absolute atomic E-state index is 0.0747. The predicted molar refractivity (Wildman–Crippen MR) is 88.8 cm³/mol. The molecule has 0 radical (unpaired) electrons. The van der Waals surface area contributed by atoms with Crippen LogP contribution in [0.3, 0.4) is 0 Å². The third-order valence-electron chi connectivity index (χ3n) is 4.02. The first-order valence-corrected chi connectivity index (χ1v) is 7.95. The smallest absolute Gasteiger partial charge is 0.240 e. The number of hydrogen-bond donors (Lipinski definition) is 1. The van der Waals surface area contributed by atoms with Crippen LogP contribution < -0.4 is 5.32 Å². The van der Waals surface area contributed by atoms with Crippen molar-refractivity contribution in [2.24, 2.45) is 0 Å². The highest BCUT2D eigenvalue weighted by molar-refractivity contribution is 5.92. The number of carbonyl (C=O) groups excluding carboxylic acids is 1. The van der Waals surface area contributed by atoms with Crippen LogP contribution >= 0.6 is 0 Å². The fourth-order valence-corrected chi connectivity index (χ4v) is 3.03. The first kappa shape index (κ1) is 18.5. The molecule has 2 heterocycles. The van der Waals surface area contributed by atoms with Crippen molar-refractivity contribution in [2.75, 3.05) is 38.7 Å². The number of methoxy groups -OCH3 is 1. The zero-order valence-electron chi connectivity index (χ0n) is 14.9. The van der Waals surface area contributed by atoms with Crippen LogP contribution in [-0.4, -0.2) is 55.9 Å². The summed E-state index contributed by atoms with van der Waals surface area (Å²) < 4.78 is 16.6.